The average Bonchev–Trinajstić information content (AvgIpc) is 2.93. The van der Waals surface area contributed by atoms with E-state index in [2.05, 4.69) is 55.7 Å². The Balaban J connectivity index is 1.67. The van der Waals surface area contributed by atoms with Crippen LogP contribution < -0.4 is 5.32 Å². The Labute approximate surface area is 132 Å². The molecule has 0 unspecified atom stereocenters. The molecular formula is C16H15BrN4. The van der Waals surface area contributed by atoms with Crippen LogP contribution >= 0.6 is 15.9 Å². The lowest BCUT2D eigenvalue weighted by Gasteiger charge is -2.08. The lowest BCUT2D eigenvalue weighted by Crippen LogP contribution is -1.99. The maximum Gasteiger partial charge on any atom is 0.163 e. The van der Waals surface area contributed by atoms with E-state index in [0.717, 1.165) is 28.1 Å². The monoisotopic (exact) mass is 342 g/mol. The molecule has 0 aliphatic rings. The predicted molar refractivity (Wildman–Crippen MR) is 87.9 cm³/mol. The van der Waals surface area contributed by atoms with Crippen molar-refractivity contribution in [2.75, 3.05) is 5.32 Å². The largest absolute Gasteiger partial charge is 0.381 e. The molecule has 0 saturated heterocycles. The summed E-state index contributed by atoms with van der Waals surface area (Å²) in [6, 6.07) is 16.5. The van der Waals surface area contributed by atoms with Gasteiger partial charge < -0.3 is 9.88 Å². The van der Waals surface area contributed by atoms with E-state index in [9.17, 15) is 0 Å². The zero-order valence-corrected chi connectivity index (χ0v) is 13.2. The van der Waals surface area contributed by atoms with Gasteiger partial charge in [0.25, 0.3) is 0 Å². The summed E-state index contributed by atoms with van der Waals surface area (Å²) < 4.78 is 3.00. The van der Waals surface area contributed by atoms with Crippen molar-refractivity contribution in [1.82, 2.24) is 14.8 Å². The Morgan fingerprint density at radius 1 is 1.05 bits per heavy atom. The highest BCUT2D eigenvalue weighted by atomic mass is 79.9. The zero-order valence-electron chi connectivity index (χ0n) is 11.6. The first-order valence-corrected chi connectivity index (χ1v) is 7.44. The molecule has 0 amide bonds. The number of hydrogen-bond donors (Lipinski definition) is 1. The van der Waals surface area contributed by atoms with Crippen LogP contribution in [-0.2, 0) is 13.6 Å². The van der Waals surface area contributed by atoms with Crippen LogP contribution in [0.15, 0.2) is 59.3 Å². The Hall–Kier alpha value is -2.14. The Morgan fingerprint density at radius 2 is 1.76 bits per heavy atom. The summed E-state index contributed by atoms with van der Waals surface area (Å²) in [6.45, 7) is 0.802. The SMILES string of the molecule is Cn1cnnc1-c1ccc(NCc2ccc(Br)cc2)cc1. The molecule has 0 aliphatic carbocycles. The van der Waals surface area contributed by atoms with Gasteiger partial charge >= 0.3 is 0 Å². The van der Waals surface area contributed by atoms with E-state index < -0.39 is 0 Å². The molecule has 3 aromatic rings. The molecule has 3 rings (SSSR count). The number of aromatic nitrogens is 3. The minimum absolute atomic E-state index is 0.802. The Bertz CT molecular complexity index is 717. The summed E-state index contributed by atoms with van der Waals surface area (Å²) in [5.41, 5.74) is 3.39. The highest BCUT2D eigenvalue weighted by molar-refractivity contribution is 9.10. The van der Waals surface area contributed by atoms with Gasteiger partial charge in [-0.1, -0.05) is 28.1 Å². The van der Waals surface area contributed by atoms with Crippen molar-refractivity contribution in [3.8, 4) is 11.4 Å². The van der Waals surface area contributed by atoms with Crippen LogP contribution in [0.2, 0.25) is 0 Å². The first-order chi connectivity index (χ1) is 10.2. The van der Waals surface area contributed by atoms with E-state index in [4.69, 9.17) is 0 Å². The van der Waals surface area contributed by atoms with Crippen LogP contribution in [0, 0.1) is 0 Å². The number of hydrogen-bond acceptors (Lipinski definition) is 3. The highest BCUT2D eigenvalue weighted by Crippen LogP contribution is 2.19. The van der Waals surface area contributed by atoms with Crippen molar-refractivity contribution in [2.45, 2.75) is 6.54 Å². The molecule has 2 aromatic carbocycles. The summed E-state index contributed by atoms with van der Waals surface area (Å²) in [7, 11) is 1.94. The summed E-state index contributed by atoms with van der Waals surface area (Å²) in [4.78, 5) is 0. The normalized spacial score (nSPS) is 10.6. The molecule has 0 spiro atoms. The van der Waals surface area contributed by atoms with Crippen LogP contribution in [0.5, 0.6) is 0 Å². The third kappa shape index (κ3) is 3.31. The van der Waals surface area contributed by atoms with Crippen molar-refractivity contribution in [2.24, 2.45) is 7.05 Å². The second-order valence-electron chi connectivity index (χ2n) is 4.82. The van der Waals surface area contributed by atoms with E-state index in [1.54, 1.807) is 6.33 Å². The fourth-order valence-corrected chi connectivity index (χ4v) is 2.35. The smallest absolute Gasteiger partial charge is 0.163 e. The molecule has 1 heterocycles. The number of halogens is 1. The van der Waals surface area contributed by atoms with Crippen molar-refractivity contribution in [1.29, 1.82) is 0 Å². The second kappa shape index (κ2) is 6.10. The van der Waals surface area contributed by atoms with Crippen molar-refractivity contribution in [3.05, 3.63) is 64.9 Å². The molecule has 1 N–H and O–H groups in total. The molecule has 21 heavy (non-hydrogen) atoms. The third-order valence-electron chi connectivity index (χ3n) is 3.26. The van der Waals surface area contributed by atoms with Gasteiger partial charge in [-0.05, 0) is 42.0 Å². The van der Waals surface area contributed by atoms with E-state index in [0.29, 0.717) is 0 Å². The van der Waals surface area contributed by atoms with E-state index >= 15 is 0 Å². The van der Waals surface area contributed by atoms with Gasteiger partial charge in [0.05, 0.1) is 0 Å². The van der Waals surface area contributed by atoms with Crippen LogP contribution in [0.25, 0.3) is 11.4 Å². The zero-order chi connectivity index (χ0) is 14.7. The third-order valence-corrected chi connectivity index (χ3v) is 3.79. The lowest BCUT2D eigenvalue weighted by atomic mass is 10.2. The minimum Gasteiger partial charge on any atom is -0.381 e. The molecule has 106 valence electrons. The van der Waals surface area contributed by atoms with E-state index in [1.165, 1.54) is 5.56 Å². The molecule has 0 atom stereocenters. The van der Waals surface area contributed by atoms with Gasteiger partial charge in [0.15, 0.2) is 5.82 Å². The number of rotatable bonds is 4. The average molecular weight is 343 g/mol. The highest BCUT2D eigenvalue weighted by Gasteiger charge is 2.03. The number of benzene rings is 2. The molecule has 0 aliphatic heterocycles. The minimum atomic E-state index is 0.802. The number of nitrogens with zero attached hydrogens (tertiary/aromatic N) is 3. The summed E-state index contributed by atoms with van der Waals surface area (Å²) in [6.07, 6.45) is 1.70. The molecule has 0 saturated carbocycles. The molecule has 0 bridgehead atoms. The van der Waals surface area contributed by atoms with E-state index in [-0.39, 0.29) is 0 Å². The van der Waals surface area contributed by atoms with Crippen molar-refractivity contribution >= 4 is 21.6 Å². The summed E-state index contributed by atoms with van der Waals surface area (Å²) >= 11 is 3.44. The fraction of sp³-hybridized carbons (Fsp3) is 0.125. The maximum absolute atomic E-state index is 4.11. The Kier molecular flexibility index (Phi) is 4.01. The summed E-state index contributed by atoms with van der Waals surface area (Å²) in [5.74, 6) is 0.870. The van der Waals surface area contributed by atoms with E-state index in [1.807, 2.05) is 35.9 Å². The molecule has 1 aromatic heterocycles. The number of nitrogens with one attached hydrogen (secondary N) is 1. The molecule has 0 fully saturated rings. The first kappa shape index (κ1) is 13.8. The second-order valence-corrected chi connectivity index (χ2v) is 5.74. The van der Waals surface area contributed by atoms with Crippen LogP contribution in [0.3, 0.4) is 0 Å². The van der Waals surface area contributed by atoms with Gasteiger partial charge in [0.2, 0.25) is 0 Å². The van der Waals surface area contributed by atoms with Crippen LogP contribution in [0.1, 0.15) is 5.56 Å². The summed E-state index contributed by atoms with van der Waals surface area (Å²) in [5, 5.41) is 11.4. The van der Waals surface area contributed by atoms with Crippen LogP contribution in [-0.4, -0.2) is 14.8 Å². The van der Waals surface area contributed by atoms with Crippen molar-refractivity contribution in [3.63, 3.8) is 0 Å². The molecule has 4 nitrogen and oxygen atoms in total. The fourth-order valence-electron chi connectivity index (χ4n) is 2.09. The number of anilines is 1. The first-order valence-electron chi connectivity index (χ1n) is 6.65. The lowest BCUT2D eigenvalue weighted by molar-refractivity contribution is 0.920. The van der Waals surface area contributed by atoms with Gasteiger partial charge in [0.1, 0.15) is 6.33 Å². The molecule has 0 radical (unpaired) electrons. The molecular weight excluding hydrogens is 328 g/mol. The van der Waals surface area contributed by atoms with Gasteiger partial charge in [-0.25, -0.2) is 0 Å². The van der Waals surface area contributed by atoms with Crippen molar-refractivity contribution < 1.29 is 0 Å². The van der Waals surface area contributed by atoms with Gasteiger partial charge in [-0.2, -0.15) is 0 Å². The topological polar surface area (TPSA) is 42.7 Å². The number of aryl methyl sites for hydroxylation is 1. The quantitative estimate of drug-likeness (QED) is 0.782. The van der Waals surface area contributed by atoms with Gasteiger partial charge in [-0.3, -0.25) is 0 Å². The Morgan fingerprint density at radius 3 is 2.38 bits per heavy atom. The maximum atomic E-state index is 4.11. The van der Waals surface area contributed by atoms with Gasteiger partial charge in [0, 0.05) is 29.3 Å². The standard InChI is InChI=1S/C16H15BrN4/c1-21-11-19-20-16(21)13-4-8-15(9-5-13)18-10-12-2-6-14(17)7-3-12/h2-9,11,18H,10H2,1H3. The van der Waals surface area contributed by atoms with Gasteiger partial charge in [-0.15, -0.1) is 10.2 Å². The van der Waals surface area contributed by atoms with Crippen LogP contribution in [0.4, 0.5) is 5.69 Å². The predicted octanol–water partition coefficient (Wildman–Crippen LogP) is 3.86. The molecule has 5 heteroatoms.